The molecule has 0 saturated heterocycles. The van der Waals surface area contributed by atoms with Gasteiger partial charge in [-0.2, -0.15) is 5.10 Å². The van der Waals surface area contributed by atoms with E-state index in [4.69, 9.17) is 0 Å². The quantitative estimate of drug-likeness (QED) is 0.758. The average molecular weight is 211 g/mol. The Morgan fingerprint density at radius 3 is 2.60 bits per heavy atom. The van der Waals surface area contributed by atoms with Crippen LogP contribution in [0.4, 0.5) is 0 Å². The number of nitrogens with zero attached hydrogens (tertiary/aromatic N) is 4. The van der Waals surface area contributed by atoms with Crippen molar-refractivity contribution in [1.29, 1.82) is 0 Å². The number of likely N-dealkylation sites (N-methyl/N-ethyl adjacent to an activating group) is 1. The fraction of sp³-hybridized carbons (Fsp3) is 0.800. The highest BCUT2D eigenvalue weighted by Crippen LogP contribution is 2.07. The van der Waals surface area contributed by atoms with Crippen LogP contribution in [-0.2, 0) is 13.6 Å². The largest absolute Gasteiger partial charge is 0.308 e. The highest BCUT2D eigenvalue weighted by atomic mass is 15.3. The lowest BCUT2D eigenvalue weighted by molar-refractivity contribution is 0.189. The monoisotopic (exact) mass is 211 g/mol. The van der Waals surface area contributed by atoms with Crippen molar-refractivity contribution in [3.63, 3.8) is 0 Å². The summed E-state index contributed by atoms with van der Waals surface area (Å²) in [5.41, 5.74) is 0.151. The predicted molar refractivity (Wildman–Crippen MR) is 60.5 cm³/mol. The molecule has 0 atom stereocenters. The Labute approximate surface area is 91.5 Å². The Morgan fingerprint density at radius 1 is 1.47 bits per heavy atom. The van der Waals surface area contributed by atoms with Crippen molar-refractivity contribution in [3.8, 4) is 0 Å². The van der Waals surface area contributed by atoms with Crippen LogP contribution in [0.3, 0.4) is 0 Å². The Hall–Kier alpha value is -0.940. The van der Waals surface area contributed by atoms with Gasteiger partial charge in [0.15, 0.2) is 0 Å². The minimum absolute atomic E-state index is 0.151. The Balaban J connectivity index is 2.37. The summed E-state index contributed by atoms with van der Waals surface area (Å²) in [6, 6.07) is 0. The molecule has 1 N–H and O–H groups in total. The summed E-state index contributed by atoms with van der Waals surface area (Å²) in [5, 5.41) is 7.41. The molecule has 0 aliphatic carbocycles. The minimum Gasteiger partial charge on any atom is -0.308 e. The van der Waals surface area contributed by atoms with Crippen LogP contribution in [0.2, 0.25) is 0 Å². The van der Waals surface area contributed by atoms with E-state index in [1.165, 1.54) is 0 Å². The van der Waals surface area contributed by atoms with Gasteiger partial charge < -0.3 is 10.2 Å². The molecule has 5 nitrogen and oxygen atoms in total. The van der Waals surface area contributed by atoms with E-state index in [2.05, 4.69) is 48.2 Å². The molecule has 0 radical (unpaired) electrons. The van der Waals surface area contributed by atoms with Crippen LogP contribution in [0, 0.1) is 0 Å². The van der Waals surface area contributed by atoms with Crippen LogP contribution in [0.15, 0.2) is 6.33 Å². The molecule has 1 rings (SSSR count). The summed E-state index contributed by atoms with van der Waals surface area (Å²) in [5.74, 6) is 0.963. The smallest absolute Gasteiger partial charge is 0.140 e. The van der Waals surface area contributed by atoms with Gasteiger partial charge in [-0.1, -0.05) is 0 Å². The molecule has 1 aromatic heterocycles. The molecule has 0 bridgehead atoms. The van der Waals surface area contributed by atoms with Gasteiger partial charge in [-0.25, -0.2) is 4.98 Å². The van der Waals surface area contributed by atoms with Crippen molar-refractivity contribution in [2.24, 2.45) is 7.05 Å². The Bertz CT molecular complexity index is 303. The van der Waals surface area contributed by atoms with Crippen molar-refractivity contribution in [2.45, 2.75) is 25.9 Å². The van der Waals surface area contributed by atoms with Crippen LogP contribution >= 0.6 is 0 Å². The van der Waals surface area contributed by atoms with E-state index < -0.39 is 0 Å². The molecule has 0 fully saturated rings. The first kappa shape index (κ1) is 12.1. The third kappa shape index (κ3) is 3.28. The van der Waals surface area contributed by atoms with Gasteiger partial charge in [0.2, 0.25) is 0 Å². The maximum Gasteiger partial charge on any atom is 0.140 e. The molecule has 0 aromatic carbocycles. The maximum absolute atomic E-state index is 4.16. The van der Waals surface area contributed by atoms with Crippen molar-refractivity contribution in [3.05, 3.63) is 12.2 Å². The molecule has 0 aliphatic rings. The summed E-state index contributed by atoms with van der Waals surface area (Å²) in [4.78, 5) is 6.36. The first-order chi connectivity index (χ1) is 6.93. The van der Waals surface area contributed by atoms with Gasteiger partial charge in [0.1, 0.15) is 12.2 Å². The summed E-state index contributed by atoms with van der Waals surface area (Å²) in [6.07, 6.45) is 1.58. The van der Waals surface area contributed by atoms with E-state index in [0.717, 1.165) is 18.9 Å². The highest BCUT2D eigenvalue weighted by Gasteiger charge is 2.19. The fourth-order valence-corrected chi connectivity index (χ4v) is 1.12. The number of aromatic nitrogens is 3. The third-order valence-corrected chi connectivity index (χ3v) is 2.86. The van der Waals surface area contributed by atoms with Crippen LogP contribution < -0.4 is 5.32 Å². The van der Waals surface area contributed by atoms with Crippen molar-refractivity contribution in [2.75, 3.05) is 20.6 Å². The molecule has 0 unspecified atom stereocenters. The third-order valence-electron chi connectivity index (χ3n) is 2.86. The van der Waals surface area contributed by atoms with Gasteiger partial charge in [-0.05, 0) is 27.9 Å². The molecule has 0 saturated carbocycles. The van der Waals surface area contributed by atoms with Crippen molar-refractivity contribution < 1.29 is 0 Å². The van der Waals surface area contributed by atoms with Gasteiger partial charge in [0.25, 0.3) is 0 Å². The lowest BCUT2D eigenvalue weighted by Crippen LogP contribution is -2.46. The normalized spacial score (nSPS) is 12.4. The molecule has 0 spiro atoms. The molecule has 15 heavy (non-hydrogen) atoms. The predicted octanol–water partition coefficient (Wildman–Crippen LogP) is 0.245. The standard InChI is InChI=1S/C10H21N5/c1-10(2,14(3)4)7-11-6-9-12-8-13-15(9)5/h8,11H,6-7H2,1-5H3. The SMILES string of the molecule is CN(C)C(C)(C)CNCc1ncnn1C. The van der Waals surface area contributed by atoms with Crippen LogP contribution in [0.25, 0.3) is 0 Å². The van der Waals surface area contributed by atoms with E-state index in [1.54, 1.807) is 11.0 Å². The molecule has 1 heterocycles. The number of rotatable bonds is 5. The Kier molecular flexibility index (Phi) is 3.82. The molecule has 5 heteroatoms. The van der Waals surface area contributed by atoms with Crippen LogP contribution in [0.5, 0.6) is 0 Å². The van der Waals surface area contributed by atoms with Crippen LogP contribution in [-0.4, -0.2) is 45.8 Å². The second-order valence-electron chi connectivity index (χ2n) is 4.61. The van der Waals surface area contributed by atoms with E-state index in [-0.39, 0.29) is 5.54 Å². The molecule has 1 aromatic rings. The lowest BCUT2D eigenvalue weighted by Gasteiger charge is -2.32. The zero-order chi connectivity index (χ0) is 11.5. The maximum atomic E-state index is 4.16. The molecular weight excluding hydrogens is 190 g/mol. The molecule has 0 amide bonds. The number of aryl methyl sites for hydroxylation is 1. The van der Waals surface area contributed by atoms with E-state index in [1.807, 2.05) is 7.05 Å². The van der Waals surface area contributed by atoms with E-state index >= 15 is 0 Å². The summed E-state index contributed by atoms with van der Waals surface area (Å²) < 4.78 is 1.79. The minimum atomic E-state index is 0.151. The lowest BCUT2D eigenvalue weighted by atomic mass is 10.0. The average Bonchev–Trinajstić information content (AvgIpc) is 2.51. The van der Waals surface area contributed by atoms with Gasteiger partial charge in [-0.15, -0.1) is 0 Å². The number of nitrogens with one attached hydrogen (secondary N) is 1. The van der Waals surface area contributed by atoms with Crippen molar-refractivity contribution >= 4 is 0 Å². The second kappa shape index (κ2) is 4.72. The molecule has 86 valence electrons. The van der Waals surface area contributed by atoms with Crippen LogP contribution in [0.1, 0.15) is 19.7 Å². The first-order valence-electron chi connectivity index (χ1n) is 5.14. The van der Waals surface area contributed by atoms with Crippen molar-refractivity contribution in [1.82, 2.24) is 25.0 Å². The zero-order valence-corrected chi connectivity index (χ0v) is 10.3. The molecular formula is C10H21N5. The zero-order valence-electron chi connectivity index (χ0n) is 10.3. The topological polar surface area (TPSA) is 46.0 Å². The Morgan fingerprint density at radius 2 is 2.13 bits per heavy atom. The fourth-order valence-electron chi connectivity index (χ4n) is 1.12. The van der Waals surface area contributed by atoms with Gasteiger partial charge in [0.05, 0.1) is 6.54 Å². The number of hydrogen-bond donors (Lipinski definition) is 1. The van der Waals surface area contributed by atoms with E-state index in [9.17, 15) is 0 Å². The highest BCUT2D eigenvalue weighted by molar-refractivity contribution is 4.85. The molecule has 0 aliphatic heterocycles. The van der Waals surface area contributed by atoms with Gasteiger partial charge >= 0.3 is 0 Å². The van der Waals surface area contributed by atoms with Gasteiger partial charge in [-0.3, -0.25) is 4.68 Å². The second-order valence-corrected chi connectivity index (χ2v) is 4.61. The van der Waals surface area contributed by atoms with Gasteiger partial charge in [0, 0.05) is 19.1 Å². The van der Waals surface area contributed by atoms with E-state index in [0.29, 0.717) is 0 Å². The first-order valence-corrected chi connectivity index (χ1v) is 5.14. The summed E-state index contributed by atoms with van der Waals surface area (Å²) >= 11 is 0. The number of hydrogen-bond acceptors (Lipinski definition) is 4. The summed E-state index contributed by atoms with van der Waals surface area (Å²) in [7, 11) is 6.08. The summed E-state index contributed by atoms with van der Waals surface area (Å²) in [6.45, 7) is 6.09.